The van der Waals surface area contributed by atoms with Crippen molar-refractivity contribution in [1.82, 2.24) is 10.2 Å². The molecule has 5 nitrogen and oxygen atoms in total. The smallest absolute Gasteiger partial charge is 0.223 e. The topological polar surface area (TPSA) is 50.8 Å². The fraction of sp³-hybridized carbons (Fsp3) is 0.414. The molecule has 0 radical (unpaired) electrons. The zero-order valence-corrected chi connectivity index (χ0v) is 20.5. The number of nitrogens with zero attached hydrogens (tertiary/aromatic N) is 1. The van der Waals surface area contributed by atoms with E-state index in [1.807, 2.05) is 26.0 Å². The molecule has 180 valence electrons. The Morgan fingerprint density at radius 2 is 1.82 bits per heavy atom. The zero-order chi connectivity index (χ0) is 24.0. The van der Waals surface area contributed by atoms with Crippen LogP contribution in [0.25, 0.3) is 10.8 Å². The Morgan fingerprint density at radius 3 is 2.62 bits per heavy atom. The summed E-state index contributed by atoms with van der Waals surface area (Å²) in [5.74, 6) is 0.945. The Morgan fingerprint density at radius 1 is 1.06 bits per heavy atom. The average Bonchev–Trinajstić information content (AvgIpc) is 2.82. The van der Waals surface area contributed by atoms with E-state index < -0.39 is 0 Å². The molecule has 1 amide bonds. The molecule has 4 rings (SSSR count). The third-order valence-electron chi connectivity index (χ3n) is 6.43. The summed E-state index contributed by atoms with van der Waals surface area (Å²) in [6.07, 6.45) is 1.54. The van der Waals surface area contributed by atoms with E-state index in [9.17, 15) is 4.79 Å². The van der Waals surface area contributed by atoms with Gasteiger partial charge in [0.25, 0.3) is 0 Å². The number of carbonyl (C=O) groups excluding carboxylic acids is 1. The second kappa shape index (κ2) is 11.0. The number of carbonyl (C=O) groups is 1. The van der Waals surface area contributed by atoms with Crippen LogP contribution in [0, 0.1) is 5.92 Å². The maximum absolute atomic E-state index is 12.4. The van der Waals surface area contributed by atoms with Crippen LogP contribution >= 0.6 is 0 Å². The Hall–Kier alpha value is -2.89. The van der Waals surface area contributed by atoms with Crippen molar-refractivity contribution >= 4 is 16.7 Å². The molecule has 0 unspecified atom stereocenters. The van der Waals surface area contributed by atoms with Gasteiger partial charge in [0.05, 0.1) is 12.1 Å². The Kier molecular flexibility index (Phi) is 7.86. The first-order valence-electron chi connectivity index (χ1n) is 12.2. The maximum Gasteiger partial charge on any atom is 0.223 e. The van der Waals surface area contributed by atoms with Gasteiger partial charge in [0, 0.05) is 25.6 Å². The molecule has 1 heterocycles. The molecule has 1 fully saturated rings. The highest BCUT2D eigenvalue weighted by Crippen LogP contribution is 2.28. The number of hydrogen-bond donors (Lipinski definition) is 1. The molecule has 0 bridgehead atoms. The number of benzene rings is 3. The van der Waals surface area contributed by atoms with Gasteiger partial charge in [0.2, 0.25) is 5.91 Å². The van der Waals surface area contributed by atoms with Gasteiger partial charge in [-0.15, -0.1) is 0 Å². The molecule has 34 heavy (non-hydrogen) atoms. The summed E-state index contributed by atoms with van der Waals surface area (Å²) in [4.78, 5) is 14.7. The van der Waals surface area contributed by atoms with Gasteiger partial charge in [0.15, 0.2) is 0 Å². The average molecular weight is 461 g/mol. The summed E-state index contributed by atoms with van der Waals surface area (Å²) in [6.45, 7) is 7.45. The van der Waals surface area contributed by atoms with Crippen molar-refractivity contribution in [2.24, 2.45) is 5.92 Å². The highest BCUT2D eigenvalue weighted by Gasteiger charge is 2.32. The second-order valence-corrected chi connectivity index (χ2v) is 9.89. The van der Waals surface area contributed by atoms with Gasteiger partial charge in [-0.25, -0.2) is 0 Å². The van der Waals surface area contributed by atoms with Crippen LogP contribution in [0.1, 0.15) is 37.8 Å². The molecule has 1 atom stereocenters. The van der Waals surface area contributed by atoms with Gasteiger partial charge in [-0.3, -0.25) is 9.69 Å². The molecule has 0 spiro atoms. The number of ether oxygens (including phenoxy) is 2. The van der Waals surface area contributed by atoms with Crippen molar-refractivity contribution in [2.45, 2.75) is 45.4 Å². The highest BCUT2D eigenvalue weighted by atomic mass is 16.5. The van der Waals surface area contributed by atoms with E-state index in [-0.39, 0.29) is 17.4 Å². The van der Waals surface area contributed by atoms with E-state index in [0.29, 0.717) is 19.8 Å². The van der Waals surface area contributed by atoms with Crippen LogP contribution in [0.3, 0.4) is 0 Å². The molecule has 5 heteroatoms. The lowest BCUT2D eigenvalue weighted by atomic mass is 9.88. The van der Waals surface area contributed by atoms with Gasteiger partial charge in [-0.05, 0) is 67.8 Å². The summed E-state index contributed by atoms with van der Waals surface area (Å²) in [5, 5.41) is 5.60. The number of rotatable bonds is 9. The summed E-state index contributed by atoms with van der Waals surface area (Å²) < 4.78 is 11.5. The van der Waals surface area contributed by atoms with Crippen molar-refractivity contribution in [3.8, 4) is 5.75 Å². The minimum Gasteiger partial charge on any atom is -0.492 e. The normalized spacial score (nSPS) is 17.6. The number of amides is 1. The third-order valence-corrected chi connectivity index (χ3v) is 6.43. The molecule has 1 N–H and O–H groups in total. The molecule has 1 saturated heterocycles. The Balaban J connectivity index is 1.20. The lowest BCUT2D eigenvalue weighted by Gasteiger charge is -2.34. The quantitative estimate of drug-likeness (QED) is 0.448. The van der Waals surface area contributed by atoms with E-state index in [2.05, 4.69) is 71.9 Å². The van der Waals surface area contributed by atoms with Crippen LogP contribution in [0.2, 0.25) is 0 Å². The minimum absolute atomic E-state index is 0.0221. The van der Waals surface area contributed by atoms with Crippen LogP contribution in [0.15, 0.2) is 66.7 Å². The van der Waals surface area contributed by atoms with Crippen molar-refractivity contribution in [1.29, 1.82) is 0 Å². The van der Waals surface area contributed by atoms with Gasteiger partial charge >= 0.3 is 0 Å². The Bertz CT molecular complexity index is 1090. The van der Waals surface area contributed by atoms with Gasteiger partial charge in [0.1, 0.15) is 12.4 Å². The van der Waals surface area contributed by atoms with E-state index in [0.717, 1.165) is 31.7 Å². The summed E-state index contributed by atoms with van der Waals surface area (Å²) in [6, 6.07) is 23.3. The highest BCUT2D eigenvalue weighted by molar-refractivity contribution is 5.85. The van der Waals surface area contributed by atoms with Crippen LogP contribution in [0.4, 0.5) is 0 Å². The lowest BCUT2D eigenvalue weighted by Crippen LogP contribution is -2.42. The molecular formula is C29H36N2O3. The first-order valence-corrected chi connectivity index (χ1v) is 12.2. The molecule has 0 aromatic heterocycles. The van der Waals surface area contributed by atoms with Crippen molar-refractivity contribution in [3.63, 3.8) is 0 Å². The van der Waals surface area contributed by atoms with E-state index in [4.69, 9.17) is 9.47 Å². The summed E-state index contributed by atoms with van der Waals surface area (Å²) >= 11 is 0. The summed E-state index contributed by atoms with van der Waals surface area (Å²) in [7, 11) is 2.15. The lowest BCUT2D eigenvalue weighted by molar-refractivity contribution is -0.135. The zero-order valence-electron chi connectivity index (χ0n) is 20.5. The van der Waals surface area contributed by atoms with Crippen LogP contribution in [-0.2, 0) is 22.6 Å². The molecule has 3 aromatic rings. The number of hydrogen-bond acceptors (Lipinski definition) is 4. The van der Waals surface area contributed by atoms with Crippen LogP contribution in [0.5, 0.6) is 5.75 Å². The fourth-order valence-electron chi connectivity index (χ4n) is 4.72. The van der Waals surface area contributed by atoms with Crippen molar-refractivity contribution in [3.05, 3.63) is 77.9 Å². The summed E-state index contributed by atoms with van der Waals surface area (Å²) in [5.41, 5.74) is 2.36. The molecule has 0 saturated carbocycles. The van der Waals surface area contributed by atoms with Crippen molar-refractivity contribution in [2.75, 3.05) is 26.8 Å². The van der Waals surface area contributed by atoms with Gasteiger partial charge in [-0.1, -0.05) is 54.6 Å². The number of fused-ring (bicyclic) bond motifs is 1. The molecular weight excluding hydrogens is 424 g/mol. The SMILES string of the molecule is CN(Cc1ccc(OCCNC(=O)[C@H]2CCOC(C)(C)C2)cc1)Cc1cccc2ccccc12. The van der Waals surface area contributed by atoms with E-state index in [1.54, 1.807) is 0 Å². The second-order valence-electron chi connectivity index (χ2n) is 9.89. The van der Waals surface area contributed by atoms with E-state index >= 15 is 0 Å². The largest absolute Gasteiger partial charge is 0.492 e. The van der Waals surface area contributed by atoms with Crippen LogP contribution < -0.4 is 10.1 Å². The first-order chi connectivity index (χ1) is 16.4. The predicted molar refractivity (Wildman–Crippen MR) is 137 cm³/mol. The Labute approximate surface area is 203 Å². The van der Waals surface area contributed by atoms with Crippen molar-refractivity contribution < 1.29 is 14.3 Å². The molecule has 3 aromatic carbocycles. The molecule has 1 aliphatic heterocycles. The number of nitrogens with one attached hydrogen (secondary N) is 1. The van der Waals surface area contributed by atoms with E-state index in [1.165, 1.54) is 21.9 Å². The standard InChI is InChI=1S/C29H36N2O3/c1-29(2)19-24(15-17-34-29)28(32)30-16-18-33-26-13-11-22(12-14-26)20-31(3)21-25-9-6-8-23-7-4-5-10-27(23)25/h4-14,24H,15-21H2,1-3H3,(H,30,32)/t24-/m0/s1. The third kappa shape index (κ3) is 6.58. The van der Waals surface area contributed by atoms with Gasteiger partial charge < -0.3 is 14.8 Å². The van der Waals surface area contributed by atoms with Gasteiger partial charge in [-0.2, -0.15) is 0 Å². The molecule has 0 aliphatic carbocycles. The fourth-order valence-corrected chi connectivity index (χ4v) is 4.72. The predicted octanol–water partition coefficient (Wildman–Crippen LogP) is 5.17. The monoisotopic (exact) mass is 460 g/mol. The van der Waals surface area contributed by atoms with Crippen LogP contribution in [-0.4, -0.2) is 43.2 Å². The minimum atomic E-state index is -0.221. The maximum atomic E-state index is 12.4. The molecule has 1 aliphatic rings. The first kappa shape index (κ1) is 24.2.